The fourth-order valence-electron chi connectivity index (χ4n) is 9.32. The summed E-state index contributed by atoms with van der Waals surface area (Å²) >= 11 is 0. The second-order valence-electron chi connectivity index (χ2n) is 24.1. The Balaban J connectivity index is 4.16. The molecule has 0 amide bonds. The summed E-state index contributed by atoms with van der Waals surface area (Å²) in [7, 11) is 5.95. The van der Waals surface area contributed by atoms with Crippen LogP contribution in [0.1, 0.15) is 271 Å². The van der Waals surface area contributed by atoms with Gasteiger partial charge in [0.05, 0.1) is 34.4 Å². The lowest BCUT2D eigenvalue weighted by Gasteiger charge is -2.25. The summed E-state index contributed by atoms with van der Waals surface area (Å²) in [5.41, 5.74) is 0. The molecule has 0 aliphatic carbocycles. The second-order valence-corrected chi connectivity index (χ2v) is 24.1. The molecule has 0 heterocycles. The van der Waals surface area contributed by atoms with Gasteiger partial charge in [0.2, 0.25) is 0 Å². The van der Waals surface area contributed by atoms with Crippen LogP contribution in [-0.2, 0) is 33.3 Å². The number of unbranched alkanes of at least 4 members (excludes halogenated alkanes) is 24. The number of carboxylic acid groups (broad SMARTS) is 1. The van der Waals surface area contributed by atoms with E-state index in [2.05, 4.69) is 160 Å². The van der Waals surface area contributed by atoms with Gasteiger partial charge in [-0.15, -0.1) is 0 Å². The topological polar surface area (TPSA) is 108 Å². The number of hydrogen-bond acceptors (Lipinski definition) is 7. The molecule has 2 atom stereocenters. The minimum absolute atomic E-state index is 0.173. The molecule has 9 heteroatoms. The summed E-state index contributed by atoms with van der Waals surface area (Å²) in [4.78, 5) is 37.6. The molecule has 0 aromatic heterocycles. The van der Waals surface area contributed by atoms with E-state index in [0.29, 0.717) is 17.4 Å². The molecule has 0 fully saturated rings. The highest BCUT2D eigenvalue weighted by atomic mass is 16.7. The van der Waals surface area contributed by atoms with Crippen molar-refractivity contribution in [1.29, 1.82) is 0 Å². The Morgan fingerprint density at radius 3 is 0.943 bits per heavy atom. The van der Waals surface area contributed by atoms with E-state index >= 15 is 0 Å². The van der Waals surface area contributed by atoms with Crippen molar-refractivity contribution in [3.63, 3.8) is 0 Å². The number of aliphatic carboxylic acids is 1. The number of hydrogen-bond donors (Lipinski definition) is 1. The average molecular weight is 1210 g/mol. The number of carbonyl (C=O) groups excluding carboxylic acids is 2. The van der Waals surface area contributed by atoms with Crippen molar-refractivity contribution in [3.05, 3.63) is 146 Å². The Labute approximate surface area is 534 Å². The van der Waals surface area contributed by atoms with Gasteiger partial charge in [-0.3, -0.25) is 9.59 Å². The predicted octanol–water partition coefficient (Wildman–Crippen LogP) is 21.9. The van der Waals surface area contributed by atoms with Crippen molar-refractivity contribution in [3.8, 4) is 0 Å². The molecule has 2 unspecified atom stereocenters. The molecule has 0 aromatic rings. The first kappa shape index (κ1) is 82.2. The summed E-state index contributed by atoms with van der Waals surface area (Å²) in [6, 6.07) is 0. The standard InChI is InChI=1S/C78H129NO8/c1-6-8-10-12-14-16-18-20-22-24-26-28-30-32-34-35-36-37-38-39-40-41-43-44-46-48-50-52-54-56-58-60-62-64-66-68-75(80)85-72-74(73-86-78(77(82)83)84-71-70-79(3,4)5)87-76(81)69-67-65-63-61-59-57-55-53-51-49-47-45-42-33-31-29-27-25-23-21-19-17-15-13-11-9-7-2/h8-11,14-17,20-23,26-29,33,42,47,49,53,55,59,61,74,78H,6-7,12-13,18-19,24-25,30-32,34-41,43-46,48,50-52,54,56-58,60,62-73H2,1-5H3/p+1/b10-8-,11-9-,16-14-,17-15-,22-20-,23-21-,28-26-,29-27-,42-33-,49-47-,55-53-,61-59-. The smallest absolute Gasteiger partial charge is 0.361 e. The maximum Gasteiger partial charge on any atom is 0.361 e. The van der Waals surface area contributed by atoms with E-state index in [-0.39, 0.29) is 38.6 Å². The number of esters is 2. The number of allylic oxidation sites excluding steroid dienone is 24. The molecular weight excluding hydrogens is 1080 g/mol. The molecule has 0 radical (unpaired) electrons. The Morgan fingerprint density at radius 1 is 0.345 bits per heavy atom. The predicted molar refractivity (Wildman–Crippen MR) is 373 cm³/mol. The van der Waals surface area contributed by atoms with Gasteiger partial charge in [-0.1, -0.05) is 288 Å². The molecular formula is C78H130NO8+. The molecule has 0 aliphatic rings. The number of carboxylic acids is 1. The van der Waals surface area contributed by atoms with Crippen LogP contribution >= 0.6 is 0 Å². The largest absolute Gasteiger partial charge is 0.477 e. The fourth-order valence-corrected chi connectivity index (χ4v) is 9.32. The molecule has 87 heavy (non-hydrogen) atoms. The van der Waals surface area contributed by atoms with Crippen LogP contribution in [0, 0.1) is 0 Å². The van der Waals surface area contributed by atoms with Crippen LogP contribution in [0.5, 0.6) is 0 Å². The monoisotopic (exact) mass is 1210 g/mol. The fraction of sp³-hybridized carbons (Fsp3) is 0.654. The van der Waals surface area contributed by atoms with Crippen LogP contribution in [0.3, 0.4) is 0 Å². The van der Waals surface area contributed by atoms with Crippen molar-refractivity contribution in [2.45, 2.75) is 283 Å². The second kappa shape index (κ2) is 67.1. The average Bonchev–Trinajstić information content (AvgIpc) is 3.56. The highest BCUT2D eigenvalue weighted by Crippen LogP contribution is 2.17. The van der Waals surface area contributed by atoms with E-state index in [1.807, 2.05) is 21.1 Å². The van der Waals surface area contributed by atoms with Crippen LogP contribution in [0.4, 0.5) is 0 Å². The van der Waals surface area contributed by atoms with Crippen LogP contribution in [0.2, 0.25) is 0 Å². The molecule has 1 N–H and O–H groups in total. The molecule has 494 valence electrons. The van der Waals surface area contributed by atoms with Gasteiger partial charge < -0.3 is 28.5 Å². The van der Waals surface area contributed by atoms with Gasteiger partial charge in [0.25, 0.3) is 6.29 Å². The van der Waals surface area contributed by atoms with Crippen molar-refractivity contribution in [2.75, 3.05) is 47.5 Å². The molecule has 0 aliphatic heterocycles. The van der Waals surface area contributed by atoms with Crippen molar-refractivity contribution < 1.29 is 42.9 Å². The first-order valence-corrected chi connectivity index (χ1v) is 35.0. The number of carbonyl (C=O) groups is 3. The van der Waals surface area contributed by atoms with E-state index in [4.69, 9.17) is 18.9 Å². The van der Waals surface area contributed by atoms with Gasteiger partial charge in [0.15, 0.2) is 6.10 Å². The highest BCUT2D eigenvalue weighted by molar-refractivity contribution is 5.71. The Hall–Kier alpha value is -4.83. The van der Waals surface area contributed by atoms with Gasteiger partial charge in [0.1, 0.15) is 13.2 Å². The van der Waals surface area contributed by atoms with Gasteiger partial charge in [-0.25, -0.2) is 4.79 Å². The number of quaternary nitrogens is 1. The van der Waals surface area contributed by atoms with E-state index < -0.39 is 24.3 Å². The van der Waals surface area contributed by atoms with E-state index in [1.54, 1.807) is 0 Å². The lowest BCUT2D eigenvalue weighted by molar-refractivity contribution is -0.870. The minimum Gasteiger partial charge on any atom is -0.477 e. The quantitative estimate of drug-likeness (QED) is 0.0211. The maximum absolute atomic E-state index is 12.9. The number of rotatable bonds is 63. The zero-order valence-corrected chi connectivity index (χ0v) is 56.4. The Morgan fingerprint density at radius 2 is 0.621 bits per heavy atom. The summed E-state index contributed by atoms with van der Waals surface area (Å²) in [5.74, 6) is -2.07. The minimum atomic E-state index is -1.53. The van der Waals surface area contributed by atoms with Gasteiger partial charge in [-0.2, -0.15) is 0 Å². The summed E-state index contributed by atoms with van der Waals surface area (Å²) in [6.45, 7) is 4.60. The molecule has 0 bridgehead atoms. The van der Waals surface area contributed by atoms with Gasteiger partial charge in [0, 0.05) is 12.8 Å². The zero-order valence-electron chi connectivity index (χ0n) is 56.4. The summed E-state index contributed by atoms with van der Waals surface area (Å²) in [5, 5.41) is 9.74. The molecule has 9 nitrogen and oxygen atoms in total. The molecule has 0 saturated heterocycles. The first-order valence-electron chi connectivity index (χ1n) is 35.0. The normalized spacial score (nSPS) is 13.6. The number of nitrogens with zero attached hydrogens (tertiary/aromatic N) is 1. The van der Waals surface area contributed by atoms with Gasteiger partial charge in [-0.05, 0) is 116 Å². The first-order chi connectivity index (χ1) is 42.6. The summed E-state index contributed by atoms with van der Waals surface area (Å²) < 4.78 is 22.9. The summed E-state index contributed by atoms with van der Waals surface area (Å²) in [6.07, 6.45) is 95.4. The SMILES string of the molecule is CC/C=C\C/C=C\C/C=C\C/C=C\C/C=C\C/C=C\C/C=C\C/C=C\CCCCC(=O)OC(COC(=O)CCCCCCCCCCCCCCCCCCCCCCCC/C=C\C/C=C\C/C=C\C/C=C\CC)COC(OCC[N+](C)(C)C)C(=O)O. The van der Waals surface area contributed by atoms with E-state index in [9.17, 15) is 19.5 Å². The molecule has 0 spiro atoms. The third kappa shape index (κ3) is 68.5. The molecule has 0 saturated carbocycles. The lowest BCUT2D eigenvalue weighted by Crippen LogP contribution is -2.40. The van der Waals surface area contributed by atoms with E-state index in [0.717, 1.165) is 109 Å². The van der Waals surface area contributed by atoms with Gasteiger partial charge >= 0.3 is 17.9 Å². The maximum atomic E-state index is 12.9. The highest BCUT2D eigenvalue weighted by Gasteiger charge is 2.25. The van der Waals surface area contributed by atoms with Crippen molar-refractivity contribution in [2.24, 2.45) is 0 Å². The third-order valence-electron chi connectivity index (χ3n) is 14.6. The Bertz CT molecular complexity index is 1940. The van der Waals surface area contributed by atoms with Crippen LogP contribution in [-0.4, -0.2) is 87.4 Å². The number of ether oxygens (including phenoxy) is 4. The zero-order chi connectivity index (χ0) is 63.3. The molecule has 0 rings (SSSR count). The van der Waals surface area contributed by atoms with Crippen LogP contribution in [0.25, 0.3) is 0 Å². The van der Waals surface area contributed by atoms with Crippen LogP contribution in [0.15, 0.2) is 146 Å². The van der Waals surface area contributed by atoms with Crippen molar-refractivity contribution in [1.82, 2.24) is 0 Å². The molecule has 0 aromatic carbocycles. The third-order valence-corrected chi connectivity index (χ3v) is 14.6. The van der Waals surface area contributed by atoms with E-state index in [1.165, 1.54) is 128 Å². The Kier molecular flexibility index (Phi) is 63.4. The lowest BCUT2D eigenvalue weighted by atomic mass is 10.0. The van der Waals surface area contributed by atoms with Crippen LogP contribution < -0.4 is 0 Å². The number of likely N-dealkylation sites (N-methyl/N-ethyl adjacent to an activating group) is 1. The van der Waals surface area contributed by atoms with Crippen molar-refractivity contribution >= 4 is 17.9 Å².